The molecular weight excluding hydrogens is 313 g/mol. The van der Waals surface area contributed by atoms with Gasteiger partial charge >= 0.3 is 6.36 Å². The maximum atomic E-state index is 12.1. The number of nitrogens with zero attached hydrogens (tertiary/aromatic N) is 1. The molecule has 1 heterocycles. The zero-order valence-corrected chi connectivity index (χ0v) is 12.9. The van der Waals surface area contributed by atoms with E-state index in [2.05, 4.69) is 10.1 Å². The molecule has 5 nitrogen and oxygen atoms in total. The number of morpholine rings is 1. The quantitative estimate of drug-likeness (QED) is 0.921. The van der Waals surface area contributed by atoms with Gasteiger partial charge in [-0.2, -0.15) is 0 Å². The van der Waals surface area contributed by atoms with Crippen LogP contribution in [0.2, 0.25) is 0 Å². The summed E-state index contributed by atoms with van der Waals surface area (Å²) in [7, 11) is 0. The van der Waals surface area contributed by atoms with Crippen molar-refractivity contribution in [3.05, 3.63) is 24.3 Å². The lowest BCUT2D eigenvalue weighted by Gasteiger charge is -2.34. The molecule has 1 aliphatic heterocycles. The van der Waals surface area contributed by atoms with Gasteiger partial charge in [0, 0.05) is 18.8 Å². The molecule has 23 heavy (non-hydrogen) atoms. The number of rotatable bonds is 4. The number of anilines is 1. The van der Waals surface area contributed by atoms with Crippen LogP contribution in [0.25, 0.3) is 0 Å². The number of hydrogen-bond donors (Lipinski definition) is 1. The first kappa shape index (κ1) is 17.6. The molecule has 0 bridgehead atoms. The smallest absolute Gasteiger partial charge is 0.406 e. The standard InChI is InChI=1S/C15H19F3N2O3/c1-10-7-20(8-11(2)22-10)9-14(21)19-12-3-5-13(6-4-12)23-15(16,17)18/h3-6,10-11H,7-9H2,1-2H3,(H,19,21)/t10-,11-/m0/s1. The van der Waals surface area contributed by atoms with Crippen molar-refractivity contribution in [3.63, 3.8) is 0 Å². The van der Waals surface area contributed by atoms with Crippen molar-refractivity contribution in [3.8, 4) is 5.75 Å². The van der Waals surface area contributed by atoms with Gasteiger partial charge < -0.3 is 14.8 Å². The van der Waals surface area contributed by atoms with Crippen molar-refractivity contribution in [1.82, 2.24) is 4.90 Å². The molecular formula is C15H19F3N2O3. The lowest BCUT2D eigenvalue weighted by Crippen LogP contribution is -2.48. The minimum atomic E-state index is -4.73. The van der Waals surface area contributed by atoms with Crippen LogP contribution in [0.1, 0.15) is 13.8 Å². The Morgan fingerprint density at radius 3 is 2.35 bits per heavy atom. The summed E-state index contributed by atoms with van der Waals surface area (Å²) >= 11 is 0. The second kappa shape index (κ2) is 7.18. The van der Waals surface area contributed by atoms with E-state index >= 15 is 0 Å². The highest BCUT2D eigenvalue weighted by molar-refractivity contribution is 5.92. The van der Waals surface area contributed by atoms with E-state index in [9.17, 15) is 18.0 Å². The van der Waals surface area contributed by atoms with E-state index < -0.39 is 6.36 Å². The van der Waals surface area contributed by atoms with Gasteiger partial charge in [0.25, 0.3) is 0 Å². The summed E-state index contributed by atoms with van der Waals surface area (Å²) in [5.41, 5.74) is 0.416. The van der Waals surface area contributed by atoms with Crippen LogP contribution in [-0.2, 0) is 9.53 Å². The summed E-state index contributed by atoms with van der Waals surface area (Å²) in [5, 5.41) is 2.65. The zero-order valence-electron chi connectivity index (χ0n) is 12.9. The average molecular weight is 332 g/mol. The van der Waals surface area contributed by atoms with Gasteiger partial charge in [-0.25, -0.2) is 0 Å². The summed E-state index contributed by atoms with van der Waals surface area (Å²) in [6, 6.07) is 5.04. The van der Waals surface area contributed by atoms with E-state index in [0.717, 1.165) is 12.1 Å². The molecule has 0 saturated carbocycles. The van der Waals surface area contributed by atoms with Crippen LogP contribution in [0.3, 0.4) is 0 Å². The van der Waals surface area contributed by atoms with Crippen molar-refractivity contribution in [2.75, 3.05) is 25.0 Å². The van der Waals surface area contributed by atoms with Crippen LogP contribution in [0.4, 0.5) is 18.9 Å². The van der Waals surface area contributed by atoms with Gasteiger partial charge in [0.1, 0.15) is 5.75 Å². The van der Waals surface area contributed by atoms with Crippen LogP contribution < -0.4 is 10.1 Å². The van der Waals surface area contributed by atoms with Gasteiger partial charge in [-0.15, -0.1) is 13.2 Å². The van der Waals surface area contributed by atoms with Crippen LogP contribution >= 0.6 is 0 Å². The van der Waals surface area contributed by atoms with Crippen molar-refractivity contribution >= 4 is 11.6 Å². The number of alkyl halides is 3. The Kier molecular flexibility index (Phi) is 5.48. The van der Waals surface area contributed by atoms with Gasteiger partial charge in [0.2, 0.25) is 5.91 Å². The second-order valence-corrected chi connectivity index (χ2v) is 5.57. The number of carbonyl (C=O) groups is 1. The molecule has 1 amide bonds. The van der Waals surface area contributed by atoms with Gasteiger partial charge in [0.05, 0.1) is 18.8 Å². The lowest BCUT2D eigenvalue weighted by molar-refractivity contribution is -0.274. The summed E-state index contributed by atoms with van der Waals surface area (Å²) < 4.78 is 45.6. The van der Waals surface area contributed by atoms with Crippen LogP contribution in [0, 0.1) is 0 Å². The van der Waals surface area contributed by atoms with Gasteiger partial charge in [-0.1, -0.05) is 0 Å². The fourth-order valence-corrected chi connectivity index (χ4v) is 2.56. The Morgan fingerprint density at radius 1 is 1.26 bits per heavy atom. The molecule has 1 saturated heterocycles. The van der Waals surface area contributed by atoms with E-state index in [1.807, 2.05) is 18.7 Å². The van der Waals surface area contributed by atoms with E-state index in [0.29, 0.717) is 18.8 Å². The minimum Gasteiger partial charge on any atom is -0.406 e. The third-order valence-corrected chi connectivity index (χ3v) is 3.23. The summed E-state index contributed by atoms with van der Waals surface area (Å²) in [5.74, 6) is -0.554. The number of carbonyl (C=O) groups excluding carboxylic acids is 1. The first-order valence-electron chi connectivity index (χ1n) is 7.25. The number of ether oxygens (including phenoxy) is 2. The molecule has 1 fully saturated rings. The van der Waals surface area contributed by atoms with E-state index in [-0.39, 0.29) is 30.4 Å². The molecule has 0 unspecified atom stereocenters. The zero-order chi connectivity index (χ0) is 17.0. The van der Waals surface area contributed by atoms with E-state index in [1.54, 1.807) is 0 Å². The van der Waals surface area contributed by atoms with Gasteiger partial charge in [-0.05, 0) is 38.1 Å². The number of amides is 1. The average Bonchev–Trinajstić information content (AvgIpc) is 2.38. The molecule has 2 atom stereocenters. The number of nitrogens with one attached hydrogen (secondary N) is 1. The minimum absolute atomic E-state index is 0.0605. The molecule has 1 aromatic carbocycles. The first-order valence-corrected chi connectivity index (χ1v) is 7.25. The van der Waals surface area contributed by atoms with Crippen LogP contribution in [0.5, 0.6) is 5.75 Å². The van der Waals surface area contributed by atoms with E-state index in [1.165, 1.54) is 12.1 Å². The maximum Gasteiger partial charge on any atom is 0.573 e. The monoisotopic (exact) mass is 332 g/mol. The first-order chi connectivity index (χ1) is 10.7. The molecule has 0 aromatic heterocycles. The predicted molar refractivity (Wildman–Crippen MR) is 78.2 cm³/mol. The second-order valence-electron chi connectivity index (χ2n) is 5.57. The largest absolute Gasteiger partial charge is 0.573 e. The summed E-state index contributed by atoms with van der Waals surface area (Å²) in [6.45, 7) is 5.42. The Hall–Kier alpha value is -1.80. The van der Waals surface area contributed by atoms with E-state index in [4.69, 9.17) is 4.74 Å². The fourth-order valence-electron chi connectivity index (χ4n) is 2.56. The van der Waals surface area contributed by atoms with Crippen LogP contribution in [-0.4, -0.2) is 49.0 Å². The summed E-state index contributed by atoms with van der Waals surface area (Å²) in [4.78, 5) is 14.0. The SMILES string of the molecule is C[C@H]1CN(CC(=O)Nc2ccc(OC(F)(F)F)cc2)C[C@H](C)O1. The van der Waals surface area contributed by atoms with Crippen molar-refractivity contribution in [2.24, 2.45) is 0 Å². The molecule has 0 aliphatic carbocycles. The van der Waals surface area contributed by atoms with Crippen LogP contribution in [0.15, 0.2) is 24.3 Å². The molecule has 128 valence electrons. The highest BCUT2D eigenvalue weighted by atomic mass is 19.4. The van der Waals surface area contributed by atoms with Crippen molar-refractivity contribution in [1.29, 1.82) is 0 Å². The third kappa shape index (κ3) is 6.07. The number of halogens is 3. The molecule has 1 aromatic rings. The fraction of sp³-hybridized carbons (Fsp3) is 0.533. The molecule has 8 heteroatoms. The normalized spacial score (nSPS) is 22.7. The molecule has 0 radical (unpaired) electrons. The van der Waals surface area contributed by atoms with Gasteiger partial charge in [0.15, 0.2) is 0 Å². The number of benzene rings is 1. The topological polar surface area (TPSA) is 50.8 Å². The highest BCUT2D eigenvalue weighted by Crippen LogP contribution is 2.24. The lowest BCUT2D eigenvalue weighted by atomic mass is 10.2. The van der Waals surface area contributed by atoms with Crippen molar-refractivity contribution in [2.45, 2.75) is 32.4 Å². The third-order valence-electron chi connectivity index (χ3n) is 3.23. The number of hydrogen-bond acceptors (Lipinski definition) is 4. The Bertz CT molecular complexity index is 524. The maximum absolute atomic E-state index is 12.1. The van der Waals surface area contributed by atoms with Crippen molar-refractivity contribution < 1.29 is 27.4 Å². The Labute approximate surface area is 132 Å². The van der Waals surface area contributed by atoms with Gasteiger partial charge in [-0.3, -0.25) is 9.69 Å². The Balaban J connectivity index is 1.85. The predicted octanol–water partition coefficient (Wildman–Crippen LogP) is 2.63. The molecule has 0 spiro atoms. The highest BCUT2D eigenvalue weighted by Gasteiger charge is 2.31. The molecule has 1 N–H and O–H groups in total. The molecule has 1 aliphatic rings. The Morgan fingerprint density at radius 2 is 1.83 bits per heavy atom. The summed E-state index contributed by atoms with van der Waals surface area (Å²) in [6.07, 6.45) is -4.61. The molecule has 2 rings (SSSR count).